The molecule has 0 aromatic heterocycles. The van der Waals surface area contributed by atoms with Gasteiger partial charge in [-0.25, -0.2) is 0 Å². The molecule has 0 aliphatic carbocycles. The van der Waals surface area contributed by atoms with E-state index in [1.165, 1.54) is 18.5 Å². The van der Waals surface area contributed by atoms with Gasteiger partial charge in [0.1, 0.15) is 0 Å². The Labute approximate surface area is 198 Å². The zero-order valence-corrected chi connectivity index (χ0v) is 20.7. The van der Waals surface area contributed by atoms with Crippen LogP contribution >= 0.6 is 0 Å². The number of rotatable bonds is 11. The average Bonchev–Trinajstić information content (AvgIpc) is 2.85. The number of ether oxygens (including phenoxy) is 2. The van der Waals surface area contributed by atoms with Crippen LogP contribution in [0.25, 0.3) is 0 Å². The van der Waals surface area contributed by atoms with Gasteiger partial charge in [0.2, 0.25) is 0 Å². The third-order valence-corrected chi connectivity index (χ3v) is 6.32. The molecule has 1 amide bonds. The Kier molecular flexibility index (Phi) is 9.43. The lowest BCUT2D eigenvalue weighted by Gasteiger charge is -2.35. The predicted octanol–water partition coefficient (Wildman–Crippen LogP) is 5.36. The number of hydrogen-bond acceptors (Lipinski definition) is 5. The lowest BCUT2D eigenvalue weighted by Crippen LogP contribution is -2.46. The van der Waals surface area contributed by atoms with Gasteiger partial charge < -0.3 is 24.6 Å². The normalized spacial score (nSPS) is 14.2. The Morgan fingerprint density at radius 2 is 1.76 bits per heavy atom. The van der Waals surface area contributed by atoms with Crippen molar-refractivity contribution in [2.45, 2.75) is 46.5 Å². The fraction of sp³-hybridized carbons (Fsp3) is 0.519. The van der Waals surface area contributed by atoms with E-state index in [2.05, 4.69) is 41.1 Å². The first-order valence-electron chi connectivity index (χ1n) is 12.3. The molecule has 0 radical (unpaired) electrons. The average molecular weight is 454 g/mol. The summed E-state index contributed by atoms with van der Waals surface area (Å²) in [6, 6.07) is 11.6. The van der Waals surface area contributed by atoms with E-state index in [-0.39, 0.29) is 5.91 Å². The second-order valence-electron chi connectivity index (χ2n) is 8.65. The number of carbonyl (C=O) groups is 1. The van der Waals surface area contributed by atoms with Crippen molar-refractivity contribution in [1.29, 1.82) is 0 Å². The van der Waals surface area contributed by atoms with Gasteiger partial charge in [-0.2, -0.15) is 0 Å². The number of aryl methyl sites for hydroxylation is 1. The number of anilines is 2. The van der Waals surface area contributed by atoms with Crippen molar-refractivity contribution in [3.05, 3.63) is 47.5 Å². The molecule has 0 unspecified atom stereocenters. The molecule has 1 heterocycles. The summed E-state index contributed by atoms with van der Waals surface area (Å²) >= 11 is 0. The summed E-state index contributed by atoms with van der Waals surface area (Å²) in [4.78, 5) is 17.8. The number of nitrogens with one attached hydrogen (secondary N) is 1. The smallest absolute Gasteiger partial charge is 0.255 e. The molecule has 1 aliphatic rings. The molecule has 2 aromatic rings. The maximum Gasteiger partial charge on any atom is 0.255 e. The Morgan fingerprint density at radius 3 is 2.42 bits per heavy atom. The van der Waals surface area contributed by atoms with Crippen LogP contribution in [0.15, 0.2) is 36.4 Å². The summed E-state index contributed by atoms with van der Waals surface area (Å²) in [5.74, 6) is 1.10. The number of hydrogen-bond donors (Lipinski definition) is 1. The van der Waals surface area contributed by atoms with E-state index in [4.69, 9.17) is 9.47 Å². The van der Waals surface area contributed by atoms with E-state index in [0.717, 1.165) is 56.8 Å². The van der Waals surface area contributed by atoms with Crippen molar-refractivity contribution in [2.24, 2.45) is 0 Å². The second kappa shape index (κ2) is 12.5. The van der Waals surface area contributed by atoms with Gasteiger partial charge in [0.15, 0.2) is 11.5 Å². The molecule has 1 aliphatic heterocycles. The lowest BCUT2D eigenvalue weighted by molar-refractivity contribution is 0.102. The van der Waals surface area contributed by atoms with Gasteiger partial charge in [0, 0.05) is 43.1 Å². The molecule has 0 bridgehead atoms. The highest BCUT2D eigenvalue weighted by atomic mass is 16.5. The SMILES string of the molecule is CCCCCCOc1ccc(C(=O)Nc2ccc(N3CCN(CC)CC3)cc2C)cc1OC. The van der Waals surface area contributed by atoms with Gasteiger partial charge in [-0.05, 0) is 61.9 Å². The molecule has 180 valence electrons. The molecule has 1 N–H and O–H groups in total. The van der Waals surface area contributed by atoms with Crippen LogP contribution in [0.5, 0.6) is 11.5 Å². The molecule has 0 spiro atoms. The number of methoxy groups -OCH3 is 1. The Balaban J connectivity index is 1.61. The minimum Gasteiger partial charge on any atom is -0.493 e. The summed E-state index contributed by atoms with van der Waals surface area (Å²) in [6.45, 7) is 12.5. The lowest BCUT2D eigenvalue weighted by atomic mass is 10.1. The summed E-state index contributed by atoms with van der Waals surface area (Å²) < 4.78 is 11.3. The molecular weight excluding hydrogens is 414 g/mol. The van der Waals surface area contributed by atoms with Gasteiger partial charge in [0.25, 0.3) is 5.91 Å². The number of benzene rings is 2. The Bertz CT molecular complexity index is 907. The summed E-state index contributed by atoms with van der Waals surface area (Å²) in [6.07, 6.45) is 4.59. The molecule has 3 rings (SSSR count). The number of likely N-dealkylation sites (N-methyl/N-ethyl adjacent to an activating group) is 1. The van der Waals surface area contributed by atoms with Crippen molar-refractivity contribution < 1.29 is 14.3 Å². The van der Waals surface area contributed by atoms with Gasteiger partial charge >= 0.3 is 0 Å². The van der Waals surface area contributed by atoms with Crippen LogP contribution in [0, 0.1) is 6.92 Å². The molecule has 1 saturated heterocycles. The largest absolute Gasteiger partial charge is 0.493 e. The number of unbranched alkanes of at least 4 members (excludes halogenated alkanes) is 3. The quantitative estimate of drug-likeness (QED) is 0.465. The molecular formula is C27H39N3O3. The predicted molar refractivity (Wildman–Crippen MR) is 136 cm³/mol. The Hall–Kier alpha value is -2.73. The van der Waals surface area contributed by atoms with E-state index in [1.54, 1.807) is 19.2 Å². The Morgan fingerprint density at radius 1 is 0.970 bits per heavy atom. The van der Waals surface area contributed by atoms with E-state index in [1.807, 2.05) is 19.1 Å². The first-order valence-corrected chi connectivity index (χ1v) is 12.3. The molecule has 0 atom stereocenters. The van der Waals surface area contributed by atoms with Crippen molar-refractivity contribution >= 4 is 17.3 Å². The maximum absolute atomic E-state index is 12.9. The topological polar surface area (TPSA) is 54.0 Å². The first kappa shape index (κ1) is 24.9. The van der Waals surface area contributed by atoms with Crippen molar-refractivity contribution in [3.63, 3.8) is 0 Å². The summed E-state index contributed by atoms with van der Waals surface area (Å²) in [7, 11) is 1.60. The molecule has 6 nitrogen and oxygen atoms in total. The van der Waals surface area contributed by atoms with Gasteiger partial charge in [-0.1, -0.05) is 33.1 Å². The highest BCUT2D eigenvalue weighted by Crippen LogP contribution is 2.29. The third kappa shape index (κ3) is 6.87. The summed E-state index contributed by atoms with van der Waals surface area (Å²) in [5, 5.41) is 3.05. The minimum absolute atomic E-state index is 0.157. The second-order valence-corrected chi connectivity index (χ2v) is 8.65. The fourth-order valence-corrected chi connectivity index (χ4v) is 4.14. The maximum atomic E-state index is 12.9. The van der Waals surface area contributed by atoms with Crippen LogP contribution in [0.2, 0.25) is 0 Å². The van der Waals surface area contributed by atoms with Crippen molar-refractivity contribution in [3.8, 4) is 11.5 Å². The number of carbonyl (C=O) groups excluding carboxylic acids is 1. The van der Waals surface area contributed by atoms with E-state index in [0.29, 0.717) is 23.7 Å². The molecule has 33 heavy (non-hydrogen) atoms. The van der Waals surface area contributed by atoms with Crippen LogP contribution < -0.4 is 19.7 Å². The number of amides is 1. The van der Waals surface area contributed by atoms with Crippen molar-refractivity contribution in [1.82, 2.24) is 4.90 Å². The zero-order chi connectivity index (χ0) is 23.6. The third-order valence-electron chi connectivity index (χ3n) is 6.32. The van der Waals surface area contributed by atoms with Crippen molar-refractivity contribution in [2.75, 3.05) is 56.7 Å². The first-order chi connectivity index (χ1) is 16.0. The van der Waals surface area contributed by atoms with Crippen LogP contribution in [0.4, 0.5) is 11.4 Å². The van der Waals surface area contributed by atoms with E-state index < -0.39 is 0 Å². The van der Waals surface area contributed by atoms with Crippen LogP contribution in [0.3, 0.4) is 0 Å². The summed E-state index contributed by atoms with van der Waals surface area (Å²) in [5.41, 5.74) is 3.64. The zero-order valence-electron chi connectivity index (χ0n) is 20.7. The highest BCUT2D eigenvalue weighted by molar-refractivity contribution is 6.05. The van der Waals surface area contributed by atoms with E-state index >= 15 is 0 Å². The van der Waals surface area contributed by atoms with Crippen LogP contribution in [-0.2, 0) is 0 Å². The van der Waals surface area contributed by atoms with Crippen LogP contribution in [0.1, 0.15) is 55.5 Å². The number of nitrogens with zero attached hydrogens (tertiary/aromatic N) is 2. The minimum atomic E-state index is -0.157. The van der Waals surface area contributed by atoms with E-state index in [9.17, 15) is 4.79 Å². The molecule has 0 saturated carbocycles. The standard InChI is InChI=1S/C27H39N3O3/c1-5-7-8-9-18-33-25-13-10-22(20-26(25)32-4)27(31)28-24-12-11-23(19-21(24)3)30-16-14-29(6-2)15-17-30/h10-13,19-20H,5-9,14-18H2,1-4H3,(H,28,31). The van der Waals surface area contributed by atoms with Gasteiger partial charge in [-0.15, -0.1) is 0 Å². The highest BCUT2D eigenvalue weighted by Gasteiger charge is 2.17. The molecule has 2 aromatic carbocycles. The molecule has 6 heteroatoms. The van der Waals surface area contributed by atoms with Gasteiger partial charge in [-0.3, -0.25) is 4.79 Å². The fourth-order valence-electron chi connectivity index (χ4n) is 4.14. The van der Waals surface area contributed by atoms with Gasteiger partial charge in [0.05, 0.1) is 13.7 Å². The van der Waals surface area contributed by atoms with Crippen LogP contribution in [-0.4, -0.2) is 57.2 Å². The number of piperazine rings is 1. The monoisotopic (exact) mass is 453 g/mol. The molecule has 1 fully saturated rings.